The molecule has 6 heterocycles. The second-order valence-corrected chi connectivity index (χ2v) is 11.6. The fourth-order valence-electron chi connectivity index (χ4n) is 6.17. The topological polar surface area (TPSA) is 96.8 Å². The zero-order chi connectivity index (χ0) is 28.6. The van der Waals surface area contributed by atoms with E-state index in [1.54, 1.807) is 30.5 Å². The van der Waals surface area contributed by atoms with Gasteiger partial charge in [0, 0.05) is 24.8 Å². The van der Waals surface area contributed by atoms with Gasteiger partial charge in [0.15, 0.2) is 11.8 Å². The average molecular weight is 575 g/mol. The molecule has 11 heteroatoms. The van der Waals surface area contributed by atoms with Gasteiger partial charge in [-0.15, -0.1) is 0 Å². The van der Waals surface area contributed by atoms with Crippen LogP contribution in [0.3, 0.4) is 0 Å². The van der Waals surface area contributed by atoms with E-state index in [2.05, 4.69) is 14.9 Å². The van der Waals surface area contributed by atoms with E-state index >= 15 is 0 Å². The molecule has 0 spiro atoms. The van der Waals surface area contributed by atoms with Crippen LogP contribution in [0.5, 0.6) is 0 Å². The monoisotopic (exact) mass is 574 g/mol. The number of amides is 1. The highest BCUT2D eigenvalue weighted by Crippen LogP contribution is 2.41. The number of aryl methyl sites for hydroxylation is 1. The molecule has 3 aliphatic rings. The molecule has 1 amide bonds. The lowest BCUT2D eigenvalue weighted by atomic mass is 9.96. The third-order valence-corrected chi connectivity index (χ3v) is 8.60. The van der Waals surface area contributed by atoms with Gasteiger partial charge in [-0.1, -0.05) is 37.6 Å². The SMILES string of the molecule is Cc1ccnc(C(C)C)c1-n1c(=O)nc(N2CCC3C2CN3C(=O)C2CO2)c2cc(Cl)c(-c3ccccc3F)nc21. The largest absolute Gasteiger partial charge is 0.363 e. The summed E-state index contributed by atoms with van der Waals surface area (Å²) in [5.74, 6) is 0.0312. The van der Waals surface area contributed by atoms with Crippen LogP contribution in [0.25, 0.3) is 28.0 Å². The average Bonchev–Trinajstić information content (AvgIpc) is 3.73. The van der Waals surface area contributed by atoms with E-state index in [9.17, 15) is 14.0 Å². The summed E-state index contributed by atoms with van der Waals surface area (Å²) >= 11 is 6.78. The van der Waals surface area contributed by atoms with Gasteiger partial charge in [-0.3, -0.25) is 9.78 Å². The van der Waals surface area contributed by atoms with Gasteiger partial charge in [0.2, 0.25) is 0 Å². The molecular weight excluding hydrogens is 547 g/mol. The van der Waals surface area contributed by atoms with Crippen LogP contribution in [0.1, 0.15) is 37.4 Å². The van der Waals surface area contributed by atoms with Gasteiger partial charge in [-0.2, -0.15) is 4.98 Å². The summed E-state index contributed by atoms with van der Waals surface area (Å²) in [4.78, 5) is 44.6. The number of hydrogen-bond donors (Lipinski definition) is 0. The number of halogens is 2. The molecule has 4 aromatic rings. The van der Waals surface area contributed by atoms with Crippen LogP contribution in [0, 0.1) is 12.7 Å². The number of nitrogens with zero attached hydrogens (tertiary/aromatic N) is 6. The minimum absolute atomic E-state index is 0.0122. The van der Waals surface area contributed by atoms with Gasteiger partial charge >= 0.3 is 5.69 Å². The Morgan fingerprint density at radius 1 is 1.17 bits per heavy atom. The van der Waals surface area contributed by atoms with Crippen molar-refractivity contribution in [2.75, 3.05) is 24.6 Å². The van der Waals surface area contributed by atoms with Crippen molar-refractivity contribution in [3.63, 3.8) is 0 Å². The summed E-state index contributed by atoms with van der Waals surface area (Å²) in [6.45, 7) is 7.56. The Morgan fingerprint density at radius 3 is 2.68 bits per heavy atom. The number of ether oxygens (including phenoxy) is 1. The van der Waals surface area contributed by atoms with Crippen molar-refractivity contribution in [3.05, 3.63) is 75.2 Å². The minimum atomic E-state index is -0.512. The fourth-order valence-corrected chi connectivity index (χ4v) is 6.42. The van der Waals surface area contributed by atoms with Crippen LogP contribution in [-0.2, 0) is 9.53 Å². The standard InChI is InChI=1S/C30H28ClFN6O3/c1-15(2)24-26(16(3)8-10-33-24)38-28-18(12-19(31)25(34-28)17-6-4-5-7-20(17)32)27(35-30(38)40)36-11-9-21-22(36)13-37(21)29(39)23-14-41-23/h4-8,10,12,15,21-23H,9,11,13-14H2,1-3H3. The van der Waals surface area contributed by atoms with Crippen LogP contribution in [0.2, 0.25) is 5.02 Å². The van der Waals surface area contributed by atoms with Crippen molar-refractivity contribution >= 4 is 34.4 Å². The number of rotatable bonds is 5. The molecular formula is C30H28ClFN6O3. The molecule has 9 nitrogen and oxygen atoms in total. The third-order valence-electron chi connectivity index (χ3n) is 8.31. The Kier molecular flexibility index (Phi) is 6.09. The number of likely N-dealkylation sites (tertiary alicyclic amines) is 1. The van der Waals surface area contributed by atoms with Gasteiger partial charge in [-0.05, 0) is 49.1 Å². The summed E-state index contributed by atoms with van der Waals surface area (Å²) in [5.41, 5.74) is 2.45. The summed E-state index contributed by atoms with van der Waals surface area (Å²) in [6, 6.07) is 9.89. The first kappa shape index (κ1) is 26.0. The molecule has 7 rings (SSSR count). The Labute approximate surface area is 240 Å². The van der Waals surface area contributed by atoms with Crippen LogP contribution in [0.4, 0.5) is 10.2 Å². The van der Waals surface area contributed by atoms with Crippen LogP contribution >= 0.6 is 11.6 Å². The fraction of sp³-hybridized carbons (Fsp3) is 0.367. The first-order valence-electron chi connectivity index (χ1n) is 13.8. The van der Waals surface area contributed by atoms with Crippen molar-refractivity contribution in [3.8, 4) is 16.9 Å². The first-order chi connectivity index (χ1) is 19.7. The molecule has 3 atom stereocenters. The maximum absolute atomic E-state index is 14.9. The Bertz CT molecular complexity index is 1790. The van der Waals surface area contributed by atoms with Crippen LogP contribution in [0.15, 0.2) is 47.4 Å². The molecule has 0 bridgehead atoms. The van der Waals surface area contributed by atoms with Gasteiger partial charge in [0.05, 0.1) is 46.2 Å². The zero-order valence-electron chi connectivity index (χ0n) is 22.8. The van der Waals surface area contributed by atoms with E-state index in [1.165, 1.54) is 10.6 Å². The van der Waals surface area contributed by atoms with Crippen molar-refractivity contribution in [1.29, 1.82) is 0 Å². The smallest absolute Gasteiger partial charge is 0.355 e. The zero-order valence-corrected chi connectivity index (χ0v) is 23.6. The lowest BCUT2D eigenvalue weighted by molar-refractivity contribution is -0.140. The highest BCUT2D eigenvalue weighted by atomic mass is 35.5. The van der Waals surface area contributed by atoms with Gasteiger partial charge < -0.3 is 14.5 Å². The first-order valence-corrected chi connectivity index (χ1v) is 14.1. The predicted octanol–water partition coefficient (Wildman–Crippen LogP) is 4.26. The van der Waals surface area contributed by atoms with E-state index < -0.39 is 11.5 Å². The number of hydrogen-bond acceptors (Lipinski definition) is 7. The molecule has 3 aromatic heterocycles. The van der Waals surface area contributed by atoms with E-state index in [4.69, 9.17) is 21.3 Å². The molecule has 210 valence electrons. The molecule has 0 N–H and O–H groups in total. The molecule has 3 aliphatic heterocycles. The van der Waals surface area contributed by atoms with E-state index in [0.717, 1.165) is 17.7 Å². The molecule has 3 fully saturated rings. The quantitative estimate of drug-likeness (QED) is 0.329. The van der Waals surface area contributed by atoms with Crippen LogP contribution in [-0.4, -0.2) is 68.2 Å². The summed E-state index contributed by atoms with van der Waals surface area (Å²) in [6.07, 6.45) is 2.15. The predicted molar refractivity (Wildman–Crippen MR) is 153 cm³/mol. The minimum Gasteiger partial charge on any atom is -0.363 e. The second kappa shape index (κ2) is 9.60. The number of carbonyl (C=O) groups excluding carboxylic acids is 1. The van der Waals surface area contributed by atoms with Crippen molar-refractivity contribution < 1.29 is 13.9 Å². The van der Waals surface area contributed by atoms with Crippen LogP contribution < -0.4 is 10.6 Å². The van der Waals surface area contributed by atoms with Crippen molar-refractivity contribution in [2.24, 2.45) is 0 Å². The lowest BCUT2D eigenvalue weighted by Gasteiger charge is -2.47. The van der Waals surface area contributed by atoms with E-state index in [-0.39, 0.29) is 46.3 Å². The molecule has 3 unspecified atom stereocenters. The van der Waals surface area contributed by atoms with Gasteiger partial charge in [0.1, 0.15) is 11.6 Å². The number of aromatic nitrogens is 4. The highest BCUT2D eigenvalue weighted by Gasteiger charge is 2.52. The van der Waals surface area contributed by atoms with Gasteiger partial charge in [-0.25, -0.2) is 18.7 Å². The number of pyridine rings is 2. The second-order valence-electron chi connectivity index (χ2n) is 11.2. The third kappa shape index (κ3) is 4.11. The van der Waals surface area contributed by atoms with E-state index in [0.29, 0.717) is 42.2 Å². The summed E-state index contributed by atoms with van der Waals surface area (Å²) in [5, 5.41) is 0.818. The molecule has 3 saturated heterocycles. The molecule has 1 aromatic carbocycles. The number of carbonyl (C=O) groups is 1. The van der Waals surface area contributed by atoms with Gasteiger partial charge in [0.25, 0.3) is 5.91 Å². The summed E-state index contributed by atoms with van der Waals surface area (Å²) < 4.78 is 21.6. The maximum Gasteiger partial charge on any atom is 0.355 e. The number of benzene rings is 1. The Hall–Kier alpha value is -3.89. The highest BCUT2D eigenvalue weighted by molar-refractivity contribution is 6.33. The molecule has 0 saturated carbocycles. The number of anilines is 1. The number of epoxide rings is 1. The van der Waals surface area contributed by atoms with E-state index in [1.807, 2.05) is 31.7 Å². The normalized spacial score (nSPS) is 21.4. The maximum atomic E-state index is 14.9. The Morgan fingerprint density at radius 2 is 1.95 bits per heavy atom. The Balaban J connectivity index is 1.44. The molecule has 0 radical (unpaired) electrons. The lowest BCUT2D eigenvalue weighted by Crippen LogP contribution is -2.64. The van der Waals surface area contributed by atoms with Crippen molar-refractivity contribution in [2.45, 2.75) is 51.3 Å². The summed E-state index contributed by atoms with van der Waals surface area (Å²) in [7, 11) is 0. The molecule has 41 heavy (non-hydrogen) atoms. The number of fused-ring (bicyclic) bond motifs is 2. The van der Waals surface area contributed by atoms with Crippen molar-refractivity contribution in [1.82, 2.24) is 24.4 Å². The molecule has 0 aliphatic carbocycles.